The number of sulfone groups is 1. The van der Waals surface area contributed by atoms with E-state index in [0.717, 1.165) is 23.1 Å². The van der Waals surface area contributed by atoms with Crippen molar-refractivity contribution in [1.82, 2.24) is 10.6 Å². The van der Waals surface area contributed by atoms with E-state index >= 15 is 0 Å². The molecule has 148 valence electrons. The highest BCUT2D eigenvalue weighted by Crippen LogP contribution is 2.24. The molecule has 0 amide bonds. The molecule has 1 atom stereocenters. The predicted molar refractivity (Wildman–Crippen MR) is 112 cm³/mol. The standard InChI is InChI=1S/C20H29N3O3S/c1-4-21-20(23-16(2)12-15-27(3,24)25)22-13-14-26-19-11-7-9-17-8-5-6-10-18(17)19/h5-11,16H,4,12-15H2,1-3H3,(H2,21,22,23). The smallest absolute Gasteiger partial charge is 0.191 e. The van der Waals surface area contributed by atoms with Gasteiger partial charge < -0.3 is 15.4 Å². The van der Waals surface area contributed by atoms with Gasteiger partial charge in [-0.25, -0.2) is 13.4 Å². The number of fused-ring (bicyclic) bond motifs is 1. The monoisotopic (exact) mass is 391 g/mol. The topological polar surface area (TPSA) is 79.8 Å². The molecule has 0 saturated carbocycles. The van der Waals surface area contributed by atoms with Gasteiger partial charge in [-0.1, -0.05) is 36.4 Å². The Morgan fingerprint density at radius 2 is 1.93 bits per heavy atom. The third-order valence-corrected chi connectivity index (χ3v) is 4.99. The summed E-state index contributed by atoms with van der Waals surface area (Å²) >= 11 is 0. The molecule has 0 bridgehead atoms. The number of ether oxygens (including phenoxy) is 1. The van der Waals surface area contributed by atoms with Crippen LogP contribution in [0.2, 0.25) is 0 Å². The van der Waals surface area contributed by atoms with E-state index in [1.807, 2.05) is 44.2 Å². The highest BCUT2D eigenvalue weighted by atomic mass is 32.2. The molecule has 0 aliphatic carbocycles. The predicted octanol–water partition coefficient (Wildman–Crippen LogP) is 2.60. The Kier molecular flexibility index (Phi) is 7.91. The van der Waals surface area contributed by atoms with E-state index < -0.39 is 9.84 Å². The van der Waals surface area contributed by atoms with Crippen LogP contribution in [0.5, 0.6) is 5.75 Å². The number of guanidine groups is 1. The molecule has 2 aromatic rings. The molecule has 0 aliphatic heterocycles. The lowest BCUT2D eigenvalue weighted by atomic mass is 10.1. The fraction of sp³-hybridized carbons (Fsp3) is 0.450. The average molecular weight is 392 g/mol. The molecule has 1 unspecified atom stereocenters. The molecule has 2 rings (SSSR count). The van der Waals surface area contributed by atoms with Gasteiger partial charge in [-0.3, -0.25) is 0 Å². The normalized spacial score (nSPS) is 13.4. The first-order valence-electron chi connectivity index (χ1n) is 9.22. The zero-order chi connectivity index (χ0) is 19.7. The lowest BCUT2D eigenvalue weighted by molar-refractivity contribution is 0.332. The van der Waals surface area contributed by atoms with Gasteiger partial charge in [-0.05, 0) is 31.7 Å². The van der Waals surface area contributed by atoms with Gasteiger partial charge in [-0.15, -0.1) is 0 Å². The van der Waals surface area contributed by atoms with Crippen molar-refractivity contribution in [2.75, 3.05) is 31.7 Å². The summed E-state index contributed by atoms with van der Waals surface area (Å²) in [6.07, 6.45) is 1.79. The highest BCUT2D eigenvalue weighted by molar-refractivity contribution is 7.90. The van der Waals surface area contributed by atoms with Crippen LogP contribution in [0.25, 0.3) is 10.8 Å². The Balaban J connectivity index is 1.89. The van der Waals surface area contributed by atoms with E-state index in [9.17, 15) is 8.42 Å². The lowest BCUT2D eigenvalue weighted by Gasteiger charge is -2.17. The van der Waals surface area contributed by atoms with Crippen LogP contribution >= 0.6 is 0 Å². The molecule has 0 aliphatic rings. The summed E-state index contributed by atoms with van der Waals surface area (Å²) < 4.78 is 28.5. The Morgan fingerprint density at radius 3 is 2.67 bits per heavy atom. The van der Waals surface area contributed by atoms with Gasteiger partial charge >= 0.3 is 0 Å². The summed E-state index contributed by atoms with van der Waals surface area (Å²) in [5, 5.41) is 8.64. The van der Waals surface area contributed by atoms with E-state index in [1.165, 1.54) is 6.26 Å². The highest BCUT2D eigenvalue weighted by Gasteiger charge is 2.09. The summed E-state index contributed by atoms with van der Waals surface area (Å²) in [5.74, 6) is 1.67. The maximum Gasteiger partial charge on any atom is 0.191 e. The zero-order valence-electron chi connectivity index (χ0n) is 16.2. The number of hydrogen-bond acceptors (Lipinski definition) is 4. The van der Waals surface area contributed by atoms with E-state index in [-0.39, 0.29) is 11.8 Å². The first kappa shape index (κ1) is 21.0. The van der Waals surface area contributed by atoms with Crippen molar-refractivity contribution in [3.8, 4) is 5.75 Å². The fourth-order valence-electron chi connectivity index (χ4n) is 2.65. The Labute approximate surface area is 161 Å². The maximum atomic E-state index is 11.3. The third kappa shape index (κ3) is 7.46. The molecule has 0 heterocycles. The molecular formula is C20H29N3O3S. The third-order valence-electron chi connectivity index (χ3n) is 4.02. The SMILES string of the molecule is CCNC(=NCCOc1cccc2ccccc12)NC(C)CCS(C)(=O)=O. The molecule has 0 aromatic heterocycles. The lowest BCUT2D eigenvalue weighted by Crippen LogP contribution is -2.43. The minimum Gasteiger partial charge on any atom is -0.491 e. The molecule has 6 nitrogen and oxygen atoms in total. The molecule has 27 heavy (non-hydrogen) atoms. The number of nitrogens with zero attached hydrogens (tertiary/aromatic N) is 1. The number of aliphatic imine (C=N–C) groups is 1. The summed E-state index contributed by atoms with van der Waals surface area (Å²) in [6.45, 7) is 5.63. The van der Waals surface area contributed by atoms with Crippen LogP contribution in [-0.2, 0) is 9.84 Å². The van der Waals surface area contributed by atoms with Gasteiger partial charge in [0.15, 0.2) is 5.96 Å². The number of rotatable bonds is 9. The van der Waals surface area contributed by atoms with E-state index in [4.69, 9.17) is 4.74 Å². The second-order valence-corrected chi connectivity index (χ2v) is 8.81. The van der Waals surface area contributed by atoms with Crippen LogP contribution in [0.1, 0.15) is 20.3 Å². The molecule has 0 spiro atoms. The van der Waals surface area contributed by atoms with Crippen molar-refractivity contribution in [2.45, 2.75) is 26.3 Å². The Morgan fingerprint density at radius 1 is 1.19 bits per heavy atom. The molecular weight excluding hydrogens is 362 g/mol. The largest absolute Gasteiger partial charge is 0.491 e. The number of hydrogen-bond donors (Lipinski definition) is 2. The van der Waals surface area contributed by atoms with Crippen LogP contribution in [-0.4, -0.2) is 52.1 Å². The molecule has 7 heteroatoms. The van der Waals surface area contributed by atoms with E-state index in [0.29, 0.717) is 25.5 Å². The molecule has 2 aromatic carbocycles. The van der Waals surface area contributed by atoms with Gasteiger partial charge in [0.1, 0.15) is 22.2 Å². The van der Waals surface area contributed by atoms with Crippen LogP contribution < -0.4 is 15.4 Å². The average Bonchev–Trinajstić information content (AvgIpc) is 2.63. The fourth-order valence-corrected chi connectivity index (χ4v) is 3.43. The zero-order valence-corrected chi connectivity index (χ0v) is 17.1. The second kappa shape index (κ2) is 10.2. The van der Waals surface area contributed by atoms with Crippen LogP contribution in [0.4, 0.5) is 0 Å². The number of nitrogens with one attached hydrogen (secondary N) is 2. The van der Waals surface area contributed by atoms with Gasteiger partial charge in [0.2, 0.25) is 0 Å². The minimum atomic E-state index is -2.96. The van der Waals surface area contributed by atoms with Crippen molar-refractivity contribution in [3.05, 3.63) is 42.5 Å². The molecule has 2 N–H and O–H groups in total. The van der Waals surface area contributed by atoms with Crippen molar-refractivity contribution in [3.63, 3.8) is 0 Å². The first-order valence-corrected chi connectivity index (χ1v) is 11.3. The van der Waals surface area contributed by atoms with Crippen LogP contribution in [0.15, 0.2) is 47.5 Å². The quantitative estimate of drug-likeness (QED) is 0.390. The number of benzene rings is 2. The summed E-state index contributed by atoms with van der Waals surface area (Å²) in [5.41, 5.74) is 0. The molecule has 0 fully saturated rings. The summed E-state index contributed by atoms with van der Waals surface area (Å²) in [4.78, 5) is 4.51. The van der Waals surface area contributed by atoms with Crippen molar-refractivity contribution in [1.29, 1.82) is 0 Å². The molecule has 0 saturated heterocycles. The van der Waals surface area contributed by atoms with Crippen molar-refractivity contribution >= 4 is 26.6 Å². The van der Waals surface area contributed by atoms with Crippen molar-refractivity contribution in [2.24, 2.45) is 4.99 Å². The Hall–Kier alpha value is -2.28. The van der Waals surface area contributed by atoms with E-state index in [2.05, 4.69) is 27.8 Å². The van der Waals surface area contributed by atoms with Crippen LogP contribution in [0.3, 0.4) is 0 Å². The van der Waals surface area contributed by atoms with Crippen molar-refractivity contribution < 1.29 is 13.2 Å². The Bertz CT molecular complexity index is 860. The molecule has 0 radical (unpaired) electrons. The minimum absolute atomic E-state index is 0.0107. The second-order valence-electron chi connectivity index (χ2n) is 6.55. The van der Waals surface area contributed by atoms with Gasteiger partial charge in [-0.2, -0.15) is 0 Å². The maximum absolute atomic E-state index is 11.3. The van der Waals surface area contributed by atoms with E-state index in [1.54, 1.807) is 0 Å². The first-order chi connectivity index (χ1) is 12.9. The van der Waals surface area contributed by atoms with Crippen LogP contribution in [0, 0.1) is 0 Å². The summed E-state index contributed by atoms with van der Waals surface area (Å²) in [6, 6.07) is 14.1. The van der Waals surface area contributed by atoms with Gasteiger partial charge in [0, 0.05) is 24.2 Å². The van der Waals surface area contributed by atoms with Gasteiger partial charge in [0.25, 0.3) is 0 Å². The summed E-state index contributed by atoms with van der Waals surface area (Å²) in [7, 11) is -2.96. The van der Waals surface area contributed by atoms with Gasteiger partial charge in [0.05, 0.1) is 12.3 Å².